The van der Waals surface area contributed by atoms with Crippen LogP contribution in [0.3, 0.4) is 0 Å². The van der Waals surface area contributed by atoms with Crippen molar-refractivity contribution < 1.29 is 9.53 Å². The van der Waals surface area contributed by atoms with Gasteiger partial charge in [0.25, 0.3) is 0 Å². The van der Waals surface area contributed by atoms with Crippen LogP contribution in [0.4, 0.5) is 5.82 Å². The second-order valence-electron chi connectivity index (χ2n) is 4.71. The highest BCUT2D eigenvalue weighted by atomic mass is 16.5. The van der Waals surface area contributed by atoms with Crippen molar-refractivity contribution in [2.45, 2.75) is 0 Å². The fourth-order valence-corrected chi connectivity index (χ4v) is 2.24. The Morgan fingerprint density at radius 2 is 2.27 bits per heavy atom. The zero-order valence-electron chi connectivity index (χ0n) is 11.3. The fourth-order valence-electron chi connectivity index (χ4n) is 2.24. The number of carbonyl (C=O) groups is 1. The summed E-state index contributed by atoms with van der Waals surface area (Å²) < 4.78 is 5.54. The monoisotopic (exact) mass is 293 g/mol. The third kappa shape index (κ3) is 2.14. The predicted octanol–water partition coefficient (Wildman–Crippen LogP) is 2.18. The average molecular weight is 293 g/mol. The number of nitrogens with zero attached hydrogens (tertiary/aromatic N) is 2. The number of rotatable bonds is 3. The number of hydrogen-bond donors (Lipinski definition) is 3. The van der Waals surface area contributed by atoms with Gasteiger partial charge in [0.2, 0.25) is 11.7 Å². The van der Waals surface area contributed by atoms with Gasteiger partial charge in [0.05, 0.1) is 6.08 Å². The maximum absolute atomic E-state index is 12.0. The Morgan fingerprint density at radius 3 is 3.14 bits per heavy atom. The zero-order chi connectivity index (χ0) is 14.9. The van der Waals surface area contributed by atoms with Crippen LogP contribution >= 0.6 is 0 Å². The molecule has 108 valence electrons. The van der Waals surface area contributed by atoms with Crippen LogP contribution in [0.15, 0.2) is 54.5 Å². The molecule has 3 aromatic heterocycles. The molecule has 0 atom stereocenters. The largest absolute Gasteiger partial charge is 0.437 e. The number of hydrogen-bond acceptors (Lipinski definition) is 5. The highest BCUT2D eigenvalue weighted by Gasteiger charge is 2.21. The first-order valence-electron chi connectivity index (χ1n) is 6.64. The number of H-pyrrole nitrogens is 2. The van der Waals surface area contributed by atoms with Crippen LogP contribution in [0.2, 0.25) is 0 Å². The molecule has 0 fully saturated rings. The average Bonchev–Trinajstić information content (AvgIpc) is 3.23. The summed E-state index contributed by atoms with van der Waals surface area (Å²) in [6.07, 6.45) is 8.27. The Morgan fingerprint density at radius 1 is 1.32 bits per heavy atom. The lowest BCUT2D eigenvalue weighted by Gasteiger charge is -2.04. The standard InChI is InChI=1S/C15H11N5O2/c21-11-7-14(19-13-3-5-18-20-13)22-12(11)6-9-8-17-15-10(9)2-1-4-16-15/h1-8H,(H,16,17)(H2,18,19,20). The lowest BCUT2D eigenvalue weighted by molar-refractivity contribution is -0.112. The lowest BCUT2D eigenvalue weighted by Crippen LogP contribution is -1.99. The molecular formula is C15H11N5O2. The van der Waals surface area contributed by atoms with Gasteiger partial charge in [-0.1, -0.05) is 0 Å². The number of ketones is 1. The molecule has 1 aliphatic rings. The fraction of sp³-hybridized carbons (Fsp3) is 0. The molecule has 0 unspecified atom stereocenters. The van der Waals surface area contributed by atoms with E-state index in [4.69, 9.17) is 4.74 Å². The smallest absolute Gasteiger partial charge is 0.226 e. The highest BCUT2D eigenvalue weighted by molar-refractivity contribution is 6.09. The van der Waals surface area contributed by atoms with E-state index in [-0.39, 0.29) is 11.5 Å². The molecule has 0 spiro atoms. The van der Waals surface area contributed by atoms with Crippen LogP contribution in [0.5, 0.6) is 0 Å². The van der Waals surface area contributed by atoms with Crippen LogP contribution in [-0.2, 0) is 9.53 Å². The first-order chi connectivity index (χ1) is 10.8. The quantitative estimate of drug-likeness (QED) is 0.643. The number of carbonyl (C=O) groups excluding carboxylic acids is 1. The number of anilines is 1. The minimum atomic E-state index is -0.198. The van der Waals surface area contributed by atoms with Crippen molar-refractivity contribution in [3.8, 4) is 0 Å². The second kappa shape index (κ2) is 4.88. The number of ether oxygens (including phenoxy) is 1. The molecule has 0 saturated heterocycles. The van der Waals surface area contributed by atoms with Crippen molar-refractivity contribution in [2.24, 2.45) is 0 Å². The first-order valence-corrected chi connectivity index (χ1v) is 6.64. The summed E-state index contributed by atoms with van der Waals surface area (Å²) in [7, 11) is 0. The van der Waals surface area contributed by atoms with E-state index in [0.29, 0.717) is 11.7 Å². The molecule has 0 bridgehead atoms. The molecule has 7 heteroatoms. The van der Waals surface area contributed by atoms with Gasteiger partial charge in [-0.15, -0.1) is 0 Å². The molecule has 0 aliphatic carbocycles. The Labute approximate surface area is 124 Å². The van der Waals surface area contributed by atoms with Gasteiger partial charge in [-0.3, -0.25) is 9.89 Å². The molecule has 3 aromatic rings. The van der Waals surface area contributed by atoms with Gasteiger partial charge in [0, 0.05) is 35.6 Å². The molecular weight excluding hydrogens is 282 g/mol. The normalized spacial score (nSPS) is 16.1. The SMILES string of the molecule is O=C1C=C(Nc2cc[nH]n2)OC1=Cc1c[nH]c2ncccc12. The number of aromatic nitrogens is 4. The highest BCUT2D eigenvalue weighted by Crippen LogP contribution is 2.24. The van der Waals surface area contributed by atoms with Gasteiger partial charge < -0.3 is 15.0 Å². The van der Waals surface area contributed by atoms with Crippen molar-refractivity contribution in [2.75, 3.05) is 5.32 Å². The Balaban J connectivity index is 1.60. The van der Waals surface area contributed by atoms with Gasteiger partial charge in [-0.05, 0) is 18.2 Å². The van der Waals surface area contributed by atoms with Crippen molar-refractivity contribution in [1.29, 1.82) is 0 Å². The van der Waals surface area contributed by atoms with Gasteiger partial charge in [0.1, 0.15) is 5.65 Å². The molecule has 7 nitrogen and oxygen atoms in total. The van der Waals surface area contributed by atoms with E-state index in [1.165, 1.54) is 6.08 Å². The second-order valence-corrected chi connectivity index (χ2v) is 4.71. The zero-order valence-corrected chi connectivity index (χ0v) is 11.3. The van der Waals surface area contributed by atoms with E-state index in [0.717, 1.165) is 16.6 Å². The number of nitrogens with one attached hydrogen (secondary N) is 3. The third-order valence-corrected chi connectivity index (χ3v) is 3.25. The molecule has 0 amide bonds. The molecule has 0 saturated carbocycles. The van der Waals surface area contributed by atoms with E-state index in [2.05, 4.69) is 25.5 Å². The number of fused-ring (bicyclic) bond motifs is 1. The van der Waals surface area contributed by atoms with E-state index in [9.17, 15) is 4.79 Å². The van der Waals surface area contributed by atoms with Crippen molar-refractivity contribution in [1.82, 2.24) is 20.2 Å². The van der Waals surface area contributed by atoms with E-state index >= 15 is 0 Å². The summed E-state index contributed by atoms with van der Waals surface area (Å²) >= 11 is 0. The molecule has 0 radical (unpaired) electrons. The Hall–Kier alpha value is -3.35. The van der Waals surface area contributed by atoms with Crippen LogP contribution in [0.25, 0.3) is 17.1 Å². The van der Waals surface area contributed by atoms with E-state index in [1.54, 1.807) is 30.7 Å². The van der Waals surface area contributed by atoms with Crippen molar-refractivity contribution in [3.63, 3.8) is 0 Å². The van der Waals surface area contributed by atoms with E-state index < -0.39 is 0 Å². The number of pyridine rings is 1. The Bertz CT molecular complexity index is 905. The summed E-state index contributed by atoms with van der Waals surface area (Å²) in [5, 5.41) is 10.5. The molecule has 0 aromatic carbocycles. The first kappa shape index (κ1) is 12.4. The summed E-state index contributed by atoms with van der Waals surface area (Å²) in [5.74, 6) is 0.983. The van der Waals surface area contributed by atoms with Gasteiger partial charge in [0.15, 0.2) is 11.6 Å². The summed E-state index contributed by atoms with van der Waals surface area (Å²) in [5.41, 5.74) is 1.61. The van der Waals surface area contributed by atoms with Gasteiger partial charge in [-0.2, -0.15) is 5.10 Å². The van der Waals surface area contributed by atoms with Crippen molar-refractivity contribution in [3.05, 3.63) is 60.1 Å². The summed E-state index contributed by atoms with van der Waals surface area (Å²) in [4.78, 5) is 19.3. The van der Waals surface area contributed by atoms with Crippen LogP contribution in [-0.4, -0.2) is 25.9 Å². The topological polar surface area (TPSA) is 95.7 Å². The molecule has 3 N–H and O–H groups in total. The third-order valence-electron chi connectivity index (χ3n) is 3.25. The number of allylic oxidation sites excluding steroid dienone is 1. The van der Waals surface area contributed by atoms with Crippen molar-refractivity contribution >= 4 is 28.7 Å². The van der Waals surface area contributed by atoms with Crippen LogP contribution in [0, 0.1) is 0 Å². The molecule has 22 heavy (non-hydrogen) atoms. The lowest BCUT2D eigenvalue weighted by atomic mass is 10.2. The van der Waals surface area contributed by atoms with E-state index in [1.807, 2.05) is 12.1 Å². The molecule has 4 heterocycles. The maximum Gasteiger partial charge on any atom is 0.226 e. The van der Waals surface area contributed by atoms with Gasteiger partial charge >= 0.3 is 0 Å². The van der Waals surface area contributed by atoms with Crippen LogP contribution in [0.1, 0.15) is 5.56 Å². The van der Waals surface area contributed by atoms with Gasteiger partial charge in [-0.25, -0.2) is 4.98 Å². The van der Waals surface area contributed by atoms with Crippen LogP contribution < -0.4 is 5.32 Å². The number of aromatic amines is 2. The summed E-state index contributed by atoms with van der Waals surface area (Å²) in [6.45, 7) is 0. The minimum absolute atomic E-state index is 0.198. The minimum Gasteiger partial charge on any atom is -0.437 e. The predicted molar refractivity (Wildman–Crippen MR) is 80.5 cm³/mol. The molecule has 1 aliphatic heterocycles. The molecule has 4 rings (SSSR count). The Kier molecular flexibility index (Phi) is 2.75. The maximum atomic E-state index is 12.0. The summed E-state index contributed by atoms with van der Waals surface area (Å²) in [6, 6.07) is 5.51.